The standard InChI is InChI=1S/C7H11N5/c8-3-5(9)4-1-2-6(10)12-7(4)11/h1-3H,8-9H2,(H4,10,11,12)/b5-3-. The van der Waals surface area contributed by atoms with E-state index in [4.69, 9.17) is 22.9 Å². The summed E-state index contributed by atoms with van der Waals surface area (Å²) < 4.78 is 0. The molecule has 0 aliphatic heterocycles. The highest BCUT2D eigenvalue weighted by molar-refractivity contribution is 5.71. The molecule has 0 aromatic carbocycles. The van der Waals surface area contributed by atoms with Crippen LogP contribution in [-0.2, 0) is 0 Å². The topological polar surface area (TPSA) is 117 Å². The summed E-state index contributed by atoms with van der Waals surface area (Å²) in [6.07, 6.45) is 1.27. The van der Waals surface area contributed by atoms with Gasteiger partial charge >= 0.3 is 0 Å². The predicted molar refractivity (Wildman–Crippen MR) is 49.4 cm³/mol. The molecule has 5 heteroatoms. The maximum Gasteiger partial charge on any atom is 0.135 e. The summed E-state index contributed by atoms with van der Waals surface area (Å²) in [5.74, 6) is 0.648. The summed E-state index contributed by atoms with van der Waals surface area (Å²) in [4.78, 5) is 3.82. The van der Waals surface area contributed by atoms with Crippen molar-refractivity contribution < 1.29 is 0 Å². The minimum Gasteiger partial charge on any atom is -0.403 e. The van der Waals surface area contributed by atoms with Crippen LogP contribution >= 0.6 is 0 Å². The molecule has 8 N–H and O–H groups in total. The molecule has 0 amide bonds. The molecule has 0 aliphatic carbocycles. The Hall–Kier alpha value is -1.91. The van der Waals surface area contributed by atoms with Crippen molar-refractivity contribution in [1.82, 2.24) is 4.98 Å². The van der Waals surface area contributed by atoms with Crippen LogP contribution in [0.4, 0.5) is 11.6 Å². The van der Waals surface area contributed by atoms with Crippen LogP contribution in [0.5, 0.6) is 0 Å². The van der Waals surface area contributed by atoms with Crippen molar-refractivity contribution in [3.05, 3.63) is 23.9 Å². The molecule has 1 aromatic rings. The van der Waals surface area contributed by atoms with Crippen molar-refractivity contribution in [3.8, 4) is 0 Å². The number of nitrogens with two attached hydrogens (primary N) is 4. The molecule has 5 nitrogen and oxygen atoms in total. The van der Waals surface area contributed by atoms with Gasteiger partial charge in [-0.05, 0) is 12.1 Å². The maximum absolute atomic E-state index is 5.53. The Morgan fingerprint density at radius 1 is 1.33 bits per heavy atom. The van der Waals surface area contributed by atoms with E-state index in [9.17, 15) is 0 Å². The van der Waals surface area contributed by atoms with E-state index in [-0.39, 0.29) is 5.82 Å². The Bertz CT molecular complexity index is 318. The molecular formula is C7H11N5. The molecule has 0 spiro atoms. The average Bonchev–Trinajstić information content (AvgIpc) is 2.03. The Labute approximate surface area is 70.1 Å². The van der Waals surface area contributed by atoms with Crippen molar-refractivity contribution in [3.63, 3.8) is 0 Å². The van der Waals surface area contributed by atoms with Crippen molar-refractivity contribution in [2.75, 3.05) is 11.5 Å². The smallest absolute Gasteiger partial charge is 0.135 e. The normalized spacial score (nSPS) is 11.5. The van der Waals surface area contributed by atoms with E-state index in [1.54, 1.807) is 12.1 Å². The third kappa shape index (κ3) is 1.39. The second-order valence-corrected chi connectivity index (χ2v) is 2.29. The summed E-state index contributed by atoms with van der Waals surface area (Å²) >= 11 is 0. The van der Waals surface area contributed by atoms with E-state index in [0.717, 1.165) is 0 Å². The Kier molecular flexibility index (Phi) is 2.05. The largest absolute Gasteiger partial charge is 0.403 e. The summed E-state index contributed by atoms with van der Waals surface area (Å²) in [6.45, 7) is 0. The number of hydrogen-bond donors (Lipinski definition) is 4. The summed E-state index contributed by atoms with van der Waals surface area (Å²) in [5.41, 5.74) is 22.6. The first-order valence-corrected chi connectivity index (χ1v) is 3.35. The number of pyridine rings is 1. The predicted octanol–water partition coefficient (Wildman–Crippen LogP) is -0.538. The molecule has 1 heterocycles. The lowest BCUT2D eigenvalue weighted by molar-refractivity contribution is 1.31. The van der Waals surface area contributed by atoms with Gasteiger partial charge in [0.2, 0.25) is 0 Å². The fraction of sp³-hybridized carbons (Fsp3) is 0. The molecule has 0 bridgehead atoms. The van der Waals surface area contributed by atoms with Gasteiger partial charge in [-0.25, -0.2) is 4.98 Å². The van der Waals surface area contributed by atoms with Crippen molar-refractivity contribution in [2.24, 2.45) is 11.5 Å². The lowest BCUT2D eigenvalue weighted by Gasteiger charge is -2.04. The number of rotatable bonds is 1. The van der Waals surface area contributed by atoms with Crippen LogP contribution in [0, 0.1) is 0 Å². The van der Waals surface area contributed by atoms with Gasteiger partial charge in [0.25, 0.3) is 0 Å². The van der Waals surface area contributed by atoms with Crippen LogP contribution < -0.4 is 22.9 Å². The van der Waals surface area contributed by atoms with Crippen molar-refractivity contribution >= 4 is 17.3 Å². The van der Waals surface area contributed by atoms with E-state index in [2.05, 4.69) is 4.98 Å². The van der Waals surface area contributed by atoms with Gasteiger partial charge in [-0.1, -0.05) is 0 Å². The number of nitrogen functional groups attached to an aromatic ring is 2. The van der Waals surface area contributed by atoms with E-state index in [1.165, 1.54) is 6.20 Å². The van der Waals surface area contributed by atoms with Gasteiger partial charge in [0.05, 0.1) is 5.70 Å². The highest BCUT2D eigenvalue weighted by Gasteiger charge is 2.02. The maximum atomic E-state index is 5.53. The van der Waals surface area contributed by atoms with Crippen LogP contribution in [0.25, 0.3) is 5.70 Å². The highest BCUT2D eigenvalue weighted by atomic mass is 14.9. The highest BCUT2D eigenvalue weighted by Crippen LogP contribution is 2.15. The third-order valence-electron chi connectivity index (χ3n) is 1.44. The zero-order valence-corrected chi connectivity index (χ0v) is 6.49. The fourth-order valence-corrected chi connectivity index (χ4v) is 0.825. The first kappa shape index (κ1) is 8.19. The van der Waals surface area contributed by atoms with Gasteiger partial charge in [-0.3, -0.25) is 0 Å². The monoisotopic (exact) mass is 165 g/mol. The number of aromatic nitrogens is 1. The first-order valence-electron chi connectivity index (χ1n) is 3.35. The summed E-state index contributed by atoms with van der Waals surface area (Å²) in [6, 6.07) is 3.29. The first-order chi connectivity index (χ1) is 5.65. The van der Waals surface area contributed by atoms with Gasteiger partial charge in [-0.2, -0.15) is 0 Å². The molecular weight excluding hydrogens is 154 g/mol. The minimum absolute atomic E-state index is 0.286. The molecule has 0 saturated heterocycles. The number of nitrogens with zero attached hydrogens (tertiary/aromatic N) is 1. The van der Waals surface area contributed by atoms with E-state index >= 15 is 0 Å². The molecule has 0 atom stereocenters. The molecule has 0 saturated carbocycles. The van der Waals surface area contributed by atoms with Crippen molar-refractivity contribution in [2.45, 2.75) is 0 Å². The van der Waals surface area contributed by atoms with Crippen LogP contribution in [0.15, 0.2) is 18.3 Å². The van der Waals surface area contributed by atoms with E-state index < -0.39 is 0 Å². The van der Waals surface area contributed by atoms with Gasteiger partial charge < -0.3 is 22.9 Å². The number of hydrogen-bond acceptors (Lipinski definition) is 5. The number of anilines is 2. The van der Waals surface area contributed by atoms with E-state index in [0.29, 0.717) is 17.1 Å². The molecule has 1 aromatic heterocycles. The van der Waals surface area contributed by atoms with Gasteiger partial charge in [-0.15, -0.1) is 0 Å². The molecule has 12 heavy (non-hydrogen) atoms. The molecule has 0 aliphatic rings. The molecule has 1 rings (SSSR count). The van der Waals surface area contributed by atoms with Gasteiger partial charge in [0.15, 0.2) is 0 Å². The molecule has 0 fully saturated rings. The third-order valence-corrected chi connectivity index (χ3v) is 1.44. The van der Waals surface area contributed by atoms with E-state index in [1.807, 2.05) is 0 Å². The second-order valence-electron chi connectivity index (χ2n) is 2.29. The zero-order valence-electron chi connectivity index (χ0n) is 6.49. The average molecular weight is 165 g/mol. The van der Waals surface area contributed by atoms with Crippen LogP contribution in [-0.4, -0.2) is 4.98 Å². The van der Waals surface area contributed by atoms with Crippen LogP contribution in [0.2, 0.25) is 0 Å². The molecule has 0 radical (unpaired) electrons. The van der Waals surface area contributed by atoms with Crippen LogP contribution in [0.1, 0.15) is 5.56 Å². The Morgan fingerprint density at radius 2 is 2.00 bits per heavy atom. The van der Waals surface area contributed by atoms with Gasteiger partial charge in [0, 0.05) is 11.8 Å². The summed E-state index contributed by atoms with van der Waals surface area (Å²) in [5, 5.41) is 0. The fourth-order valence-electron chi connectivity index (χ4n) is 0.825. The Morgan fingerprint density at radius 3 is 2.50 bits per heavy atom. The summed E-state index contributed by atoms with van der Waals surface area (Å²) in [7, 11) is 0. The Balaban J connectivity index is 3.18. The minimum atomic E-state index is 0.286. The lowest BCUT2D eigenvalue weighted by Crippen LogP contribution is -2.06. The zero-order chi connectivity index (χ0) is 9.14. The van der Waals surface area contributed by atoms with Crippen LogP contribution in [0.3, 0.4) is 0 Å². The molecule has 64 valence electrons. The van der Waals surface area contributed by atoms with Gasteiger partial charge in [0.1, 0.15) is 11.6 Å². The quantitative estimate of drug-likeness (QED) is 0.446. The van der Waals surface area contributed by atoms with Crippen molar-refractivity contribution in [1.29, 1.82) is 0 Å². The molecule has 0 unspecified atom stereocenters. The second kappa shape index (κ2) is 3.00. The SMILES string of the molecule is N/C=C(\N)c1ccc(N)nc1N. The lowest BCUT2D eigenvalue weighted by atomic mass is 10.2.